The Hall–Kier alpha value is -1.35. The number of carbonyl (C=O) groups excluding carboxylic acids is 1. The van der Waals surface area contributed by atoms with Crippen LogP contribution in [0.25, 0.3) is 0 Å². The first kappa shape index (κ1) is 21.0. The van der Waals surface area contributed by atoms with Crippen LogP contribution in [0.3, 0.4) is 0 Å². The summed E-state index contributed by atoms with van der Waals surface area (Å²) in [6.45, 7) is 5.50. The van der Waals surface area contributed by atoms with Gasteiger partial charge in [-0.3, -0.25) is 4.79 Å². The number of hydrogen-bond donors (Lipinski definition) is 6. The number of nitrogens with two attached hydrogens (primary N) is 2. The van der Waals surface area contributed by atoms with Crippen LogP contribution in [0.15, 0.2) is 11.9 Å². The summed E-state index contributed by atoms with van der Waals surface area (Å²) in [5.74, 6) is 6.05. The molecule has 2 fully saturated rings. The number of hydrogen-bond acceptors (Lipinski definition) is 7. The van der Waals surface area contributed by atoms with Gasteiger partial charge >= 0.3 is 0 Å². The van der Waals surface area contributed by atoms with Crippen molar-refractivity contribution in [3.8, 4) is 0 Å². The van der Waals surface area contributed by atoms with Crippen molar-refractivity contribution in [1.82, 2.24) is 15.6 Å². The fourth-order valence-electron chi connectivity index (χ4n) is 4.09. The average Bonchev–Trinajstić information content (AvgIpc) is 3.05. The molecule has 8 heteroatoms. The molecule has 2 aliphatic rings. The second kappa shape index (κ2) is 8.12. The predicted molar refractivity (Wildman–Crippen MR) is 100 cm³/mol. The van der Waals surface area contributed by atoms with Gasteiger partial charge in [0.1, 0.15) is 5.60 Å². The van der Waals surface area contributed by atoms with E-state index in [9.17, 15) is 15.0 Å². The molecular formula is C18H35N5O3. The summed E-state index contributed by atoms with van der Waals surface area (Å²) in [4.78, 5) is 12.8. The standard InChI is InChI=1S/C18H35N5O3/c1-12(24)18(7-5-4-6-8-18)22-16(25)14-9-13(11-21-14)23(20)15(10-19)17(2,3)26/h10,12-14,21,24,26H,4-9,11,19-20H2,1-3H3,(H,22,25)/b15-10-. The lowest BCUT2D eigenvalue weighted by Crippen LogP contribution is -2.59. The predicted octanol–water partition coefficient (Wildman–Crippen LogP) is -0.336. The summed E-state index contributed by atoms with van der Waals surface area (Å²) in [7, 11) is 0. The lowest BCUT2D eigenvalue weighted by molar-refractivity contribution is -0.127. The molecule has 3 unspecified atom stereocenters. The molecule has 0 bridgehead atoms. The van der Waals surface area contributed by atoms with Crippen LogP contribution in [0.1, 0.15) is 59.3 Å². The Morgan fingerprint density at radius 3 is 2.50 bits per heavy atom. The molecule has 0 aromatic rings. The molecule has 0 radical (unpaired) electrons. The maximum atomic E-state index is 12.8. The normalized spacial score (nSPS) is 27.8. The van der Waals surface area contributed by atoms with Gasteiger partial charge in [0, 0.05) is 12.7 Å². The van der Waals surface area contributed by atoms with Crippen LogP contribution in [0, 0.1) is 0 Å². The molecule has 1 saturated heterocycles. The maximum absolute atomic E-state index is 12.8. The van der Waals surface area contributed by atoms with E-state index >= 15 is 0 Å². The summed E-state index contributed by atoms with van der Waals surface area (Å²) in [5, 5.41) is 28.2. The SMILES string of the molecule is CC(O)C1(NC(=O)C2CC(N(N)/C(=C\N)C(C)(C)O)CN2)CCCCC1. The first-order valence-electron chi connectivity index (χ1n) is 9.53. The van der Waals surface area contributed by atoms with Crippen LogP contribution in [0.2, 0.25) is 0 Å². The molecule has 0 spiro atoms. The number of hydrazine groups is 1. The Morgan fingerprint density at radius 1 is 1.38 bits per heavy atom. The van der Waals surface area contributed by atoms with Crippen molar-refractivity contribution in [2.45, 2.75) is 88.6 Å². The second-order valence-electron chi connectivity index (χ2n) is 8.25. The van der Waals surface area contributed by atoms with Gasteiger partial charge in [-0.05, 0) is 40.0 Å². The molecule has 0 aromatic heterocycles. The highest BCUT2D eigenvalue weighted by atomic mass is 16.3. The third-order valence-corrected chi connectivity index (χ3v) is 5.80. The number of nitrogens with one attached hydrogen (secondary N) is 2. The van der Waals surface area contributed by atoms with Crippen molar-refractivity contribution in [3.05, 3.63) is 11.9 Å². The third kappa shape index (κ3) is 4.49. The van der Waals surface area contributed by atoms with E-state index in [1.54, 1.807) is 20.8 Å². The molecule has 1 amide bonds. The monoisotopic (exact) mass is 369 g/mol. The molecule has 26 heavy (non-hydrogen) atoms. The van der Waals surface area contributed by atoms with Crippen molar-refractivity contribution < 1.29 is 15.0 Å². The smallest absolute Gasteiger partial charge is 0.237 e. The lowest BCUT2D eigenvalue weighted by atomic mass is 9.78. The van der Waals surface area contributed by atoms with Crippen molar-refractivity contribution in [3.63, 3.8) is 0 Å². The highest BCUT2D eigenvalue weighted by Gasteiger charge is 2.42. The number of nitrogens with zero attached hydrogens (tertiary/aromatic N) is 1. The largest absolute Gasteiger partial charge is 0.403 e. The van der Waals surface area contributed by atoms with Crippen LogP contribution in [-0.2, 0) is 4.79 Å². The maximum Gasteiger partial charge on any atom is 0.237 e. The number of amides is 1. The Labute approximate surface area is 156 Å². The van der Waals surface area contributed by atoms with Crippen molar-refractivity contribution in [2.75, 3.05) is 6.54 Å². The van der Waals surface area contributed by atoms with E-state index in [1.165, 1.54) is 11.2 Å². The van der Waals surface area contributed by atoms with Crippen LogP contribution in [-0.4, -0.2) is 57.0 Å². The van der Waals surface area contributed by atoms with Gasteiger partial charge in [-0.1, -0.05) is 19.3 Å². The molecule has 150 valence electrons. The molecule has 1 heterocycles. The van der Waals surface area contributed by atoms with E-state index in [-0.39, 0.29) is 18.0 Å². The van der Waals surface area contributed by atoms with Crippen LogP contribution in [0.4, 0.5) is 0 Å². The van der Waals surface area contributed by atoms with Gasteiger partial charge in [-0.25, -0.2) is 5.84 Å². The van der Waals surface area contributed by atoms with Gasteiger partial charge in [0.15, 0.2) is 0 Å². The van der Waals surface area contributed by atoms with Gasteiger partial charge in [0.25, 0.3) is 0 Å². The zero-order chi connectivity index (χ0) is 19.5. The van der Waals surface area contributed by atoms with Crippen LogP contribution >= 0.6 is 0 Å². The average molecular weight is 370 g/mol. The molecule has 0 aromatic carbocycles. The fraction of sp³-hybridized carbons (Fsp3) is 0.833. The Balaban J connectivity index is 2.00. The Morgan fingerprint density at radius 2 is 2.00 bits per heavy atom. The number of aliphatic hydroxyl groups is 2. The van der Waals surface area contributed by atoms with E-state index in [2.05, 4.69) is 10.6 Å². The minimum atomic E-state index is -1.16. The van der Waals surface area contributed by atoms with Gasteiger partial charge < -0.3 is 31.6 Å². The minimum absolute atomic E-state index is 0.106. The highest BCUT2D eigenvalue weighted by Crippen LogP contribution is 2.31. The molecule has 3 atom stereocenters. The number of rotatable bonds is 6. The summed E-state index contributed by atoms with van der Waals surface area (Å²) in [6.07, 6.45) is 5.99. The Kier molecular flexibility index (Phi) is 6.55. The molecule has 8 N–H and O–H groups in total. The van der Waals surface area contributed by atoms with Crippen molar-refractivity contribution in [2.24, 2.45) is 11.6 Å². The van der Waals surface area contributed by atoms with E-state index in [0.29, 0.717) is 18.7 Å². The first-order valence-corrected chi connectivity index (χ1v) is 9.53. The second-order valence-corrected chi connectivity index (χ2v) is 8.25. The molecular weight excluding hydrogens is 334 g/mol. The zero-order valence-corrected chi connectivity index (χ0v) is 16.2. The van der Waals surface area contributed by atoms with Gasteiger partial charge in [-0.15, -0.1) is 0 Å². The summed E-state index contributed by atoms with van der Waals surface area (Å²) in [5.41, 5.74) is 4.34. The highest BCUT2D eigenvalue weighted by molar-refractivity contribution is 5.83. The van der Waals surface area contributed by atoms with Crippen molar-refractivity contribution in [1.29, 1.82) is 0 Å². The fourth-order valence-corrected chi connectivity index (χ4v) is 4.09. The molecule has 2 rings (SSSR count). The molecule has 8 nitrogen and oxygen atoms in total. The summed E-state index contributed by atoms with van der Waals surface area (Å²) < 4.78 is 0. The Bertz CT molecular complexity index is 523. The topological polar surface area (TPSA) is 137 Å². The van der Waals surface area contributed by atoms with E-state index < -0.39 is 17.2 Å². The third-order valence-electron chi connectivity index (χ3n) is 5.80. The zero-order valence-electron chi connectivity index (χ0n) is 16.2. The van der Waals surface area contributed by atoms with Gasteiger partial charge in [-0.2, -0.15) is 0 Å². The van der Waals surface area contributed by atoms with Crippen LogP contribution in [0.5, 0.6) is 0 Å². The number of carbonyl (C=O) groups is 1. The van der Waals surface area contributed by atoms with E-state index in [0.717, 1.165) is 32.1 Å². The summed E-state index contributed by atoms with van der Waals surface area (Å²) >= 11 is 0. The lowest BCUT2D eigenvalue weighted by Gasteiger charge is -2.41. The van der Waals surface area contributed by atoms with Gasteiger partial charge in [0.2, 0.25) is 5.91 Å². The van der Waals surface area contributed by atoms with E-state index in [1.807, 2.05) is 0 Å². The molecule has 1 aliphatic carbocycles. The number of aliphatic hydroxyl groups excluding tert-OH is 1. The molecule has 1 aliphatic heterocycles. The first-order chi connectivity index (χ1) is 12.1. The minimum Gasteiger partial charge on any atom is -0.403 e. The molecule has 1 saturated carbocycles. The summed E-state index contributed by atoms with van der Waals surface area (Å²) in [6, 6.07) is -0.537. The van der Waals surface area contributed by atoms with Crippen molar-refractivity contribution >= 4 is 5.91 Å². The van der Waals surface area contributed by atoms with Gasteiger partial charge in [0.05, 0.1) is 29.4 Å². The van der Waals surface area contributed by atoms with Crippen LogP contribution < -0.4 is 22.2 Å². The van der Waals surface area contributed by atoms with E-state index in [4.69, 9.17) is 11.6 Å². The quantitative estimate of drug-likeness (QED) is 0.278.